The molecule has 0 saturated heterocycles. The fourth-order valence-electron chi connectivity index (χ4n) is 3.38. The molecule has 0 aliphatic carbocycles. The molecule has 0 aliphatic heterocycles. The van der Waals surface area contributed by atoms with E-state index in [-0.39, 0.29) is 0 Å². The highest BCUT2D eigenvalue weighted by atomic mass is 32.2. The van der Waals surface area contributed by atoms with Crippen LogP contribution in [0.4, 0.5) is 0 Å². The Bertz CT molecular complexity index is 353. The average molecular weight is 411 g/mol. The number of unbranched alkanes of at least 4 members (excludes halogenated alkanes) is 8. The van der Waals surface area contributed by atoms with E-state index in [0.717, 1.165) is 0 Å². The Morgan fingerprint density at radius 3 is 1.19 bits per heavy atom. The standard InChI is InChI=1S/C20H44P.CH4O3S/c1-5-9-13-14-15-16-20-21(17-10-6-2,18-11-7-3)19-12-8-4;1-5(2,3)4/h5-20H2,1-4H3;1H3,(H,2,3,4)/q+1;/p-1. The summed E-state index contributed by atoms with van der Waals surface area (Å²) in [6, 6.07) is 0. The Kier molecular flexibility index (Phi) is 20.5. The highest BCUT2D eigenvalue weighted by molar-refractivity contribution is 7.84. The maximum absolute atomic E-state index is 9.08. The van der Waals surface area contributed by atoms with Gasteiger partial charge < -0.3 is 4.55 Å². The third-order valence-electron chi connectivity index (χ3n) is 4.94. The van der Waals surface area contributed by atoms with Crippen LogP contribution in [0.1, 0.15) is 105 Å². The molecule has 0 N–H and O–H groups in total. The molecule has 0 atom stereocenters. The quantitative estimate of drug-likeness (QED) is 0.157. The summed E-state index contributed by atoms with van der Waals surface area (Å²) in [6.45, 7) is 9.44. The molecule has 0 spiro atoms. The Labute approximate surface area is 166 Å². The van der Waals surface area contributed by atoms with Crippen molar-refractivity contribution >= 4 is 17.4 Å². The maximum Gasteiger partial charge on any atom is 0.0916 e. The molecular formula is C21H47O3PS. The molecule has 0 aromatic rings. The van der Waals surface area contributed by atoms with Crippen molar-refractivity contribution in [1.29, 1.82) is 0 Å². The molecule has 0 rings (SSSR count). The summed E-state index contributed by atoms with van der Waals surface area (Å²) in [6.07, 6.45) is 24.6. The molecule has 0 saturated carbocycles. The van der Waals surface area contributed by atoms with Crippen LogP contribution in [0.5, 0.6) is 0 Å². The summed E-state index contributed by atoms with van der Waals surface area (Å²) in [5.74, 6) is 0. The molecule has 160 valence electrons. The first kappa shape index (κ1) is 28.5. The van der Waals surface area contributed by atoms with Gasteiger partial charge in [0.05, 0.1) is 34.8 Å². The Morgan fingerprint density at radius 2 is 0.846 bits per heavy atom. The van der Waals surface area contributed by atoms with Gasteiger partial charge in [-0.05, 0) is 32.1 Å². The molecule has 3 nitrogen and oxygen atoms in total. The zero-order valence-corrected chi connectivity index (χ0v) is 20.1. The minimum atomic E-state index is -3.92. The van der Waals surface area contributed by atoms with Crippen LogP contribution in [-0.4, -0.2) is 43.9 Å². The molecule has 0 aromatic carbocycles. The van der Waals surface area contributed by atoms with Crippen molar-refractivity contribution in [3.63, 3.8) is 0 Å². The molecule has 0 radical (unpaired) electrons. The zero-order valence-electron chi connectivity index (χ0n) is 18.4. The lowest BCUT2D eigenvalue weighted by molar-refractivity contribution is 0.470. The average Bonchev–Trinajstić information content (AvgIpc) is 2.57. The molecule has 0 fully saturated rings. The lowest BCUT2D eigenvalue weighted by Crippen LogP contribution is -2.13. The monoisotopic (exact) mass is 410 g/mol. The molecule has 5 heteroatoms. The normalized spacial score (nSPS) is 11.9. The van der Waals surface area contributed by atoms with E-state index in [4.69, 9.17) is 13.0 Å². The van der Waals surface area contributed by atoms with Gasteiger partial charge >= 0.3 is 0 Å². The lowest BCUT2D eigenvalue weighted by atomic mass is 10.1. The number of hydrogen-bond donors (Lipinski definition) is 0. The highest BCUT2D eigenvalue weighted by Gasteiger charge is 2.34. The van der Waals surface area contributed by atoms with Gasteiger partial charge in [0.1, 0.15) is 0 Å². The van der Waals surface area contributed by atoms with Gasteiger partial charge in [-0.2, -0.15) is 0 Å². The second-order valence-electron chi connectivity index (χ2n) is 7.77. The Morgan fingerprint density at radius 1 is 0.577 bits per heavy atom. The smallest absolute Gasteiger partial charge is 0.0916 e. The summed E-state index contributed by atoms with van der Waals surface area (Å²) in [5.41, 5.74) is 0. The van der Waals surface area contributed by atoms with Gasteiger partial charge in [0, 0.05) is 13.5 Å². The van der Waals surface area contributed by atoms with Gasteiger partial charge in [-0.25, -0.2) is 8.42 Å². The van der Waals surface area contributed by atoms with Crippen LogP contribution in [0.2, 0.25) is 0 Å². The maximum atomic E-state index is 9.08. The van der Waals surface area contributed by atoms with Gasteiger partial charge in [0.25, 0.3) is 0 Å². The molecule has 0 aromatic heterocycles. The van der Waals surface area contributed by atoms with Crippen molar-refractivity contribution in [1.82, 2.24) is 0 Å². The van der Waals surface area contributed by atoms with E-state index in [1.807, 2.05) is 0 Å². The number of rotatable bonds is 16. The minimum Gasteiger partial charge on any atom is -0.748 e. The van der Waals surface area contributed by atoms with Crippen molar-refractivity contribution in [3.05, 3.63) is 0 Å². The van der Waals surface area contributed by atoms with E-state index in [1.54, 1.807) is 24.6 Å². The zero-order chi connectivity index (χ0) is 20.3. The van der Waals surface area contributed by atoms with Gasteiger partial charge in [-0.1, -0.05) is 72.6 Å². The molecule has 0 bridgehead atoms. The molecule has 0 amide bonds. The van der Waals surface area contributed by atoms with Crippen LogP contribution < -0.4 is 0 Å². The largest absolute Gasteiger partial charge is 0.748 e. The summed E-state index contributed by atoms with van der Waals surface area (Å²) >= 11 is 0. The first-order valence-corrected chi connectivity index (χ1v) is 15.3. The van der Waals surface area contributed by atoms with E-state index in [1.165, 1.54) is 77.0 Å². The van der Waals surface area contributed by atoms with Gasteiger partial charge in [-0.3, -0.25) is 0 Å². The predicted octanol–water partition coefficient (Wildman–Crippen LogP) is 6.93. The van der Waals surface area contributed by atoms with Crippen LogP contribution in [-0.2, 0) is 10.1 Å². The van der Waals surface area contributed by atoms with E-state index in [9.17, 15) is 0 Å². The second-order valence-corrected chi connectivity index (χ2v) is 13.6. The SMILES string of the molecule is CCCCCCCC[P+](CCCC)(CCCC)CCCC.CS(=O)(=O)[O-]. The summed E-state index contributed by atoms with van der Waals surface area (Å²) in [5, 5.41) is 0. The van der Waals surface area contributed by atoms with Crippen molar-refractivity contribution in [2.24, 2.45) is 0 Å². The molecule has 0 unspecified atom stereocenters. The summed E-state index contributed by atoms with van der Waals surface area (Å²) in [4.78, 5) is 0. The fourth-order valence-corrected chi connectivity index (χ4v) is 8.58. The first-order valence-electron chi connectivity index (χ1n) is 11.0. The van der Waals surface area contributed by atoms with Crippen molar-refractivity contribution < 1.29 is 13.0 Å². The van der Waals surface area contributed by atoms with Crippen LogP contribution in [0.3, 0.4) is 0 Å². The van der Waals surface area contributed by atoms with Crippen LogP contribution in [0.15, 0.2) is 0 Å². The molecule has 26 heavy (non-hydrogen) atoms. The lowest BCUT2D eigenvalue weighted by Gasteiger charge is -2.28. The van der Waals surface area contributed by atoms with Gasteiger partial charge in [-0.15, -0.1) is 0 Å². The van der Waals surface area contributed by atoms with Crippen LogP contribution in [0.25, 0.3) is 0 Å². The van der Waals surface area contributed by atoms with Crippen LogP contribution >= 0.6 is 7.26 Å². The van der Waals surface area contributed by atoms with E-state index in [2.05, 4.69) is 27.7 Å². The minimum absolute atomic E-state index is 0.601. The second kappa shape index (κ2) is 18.7. The fraction of sp³-hybridized carbons (Fsp3) is 1.00. The van der Waals surface area contributed by atoms with Gasteiger partial charge in [0.2, 0.25) is 0 Å². The summed E-state index contributed by atoms with van der Waals surface area (Å²) < 4.78 is 27.2. The van der Waals surface area contributed by atoms with E-state index < -0.39 is 17.4 Å². The van der Waals surface area contributed by atoms with E-state index in [0.29, 0.717) is 6.26 Å². The summed E-state index contributed by atoms with van der Waals surface area (Å²) in [7, 11) is -4.52. The van der Waals surface area contributed by atoms with Crippen molar-refractivity contribution in [3.8, 4) is 0 Å². The molecule has 0 aliphatic rings. The Balaban J connectivity index is 0. The van der Waals surface area contributed by atoms with Crippen molar-refractivity contribution in [2.75, 3.05) is 30.9 Å². The number of hydrogen-bond acceptors (Lipinski definition) is 3. The topological polar surface area (TPSA) is 57.2 Å². The molecule has 0 heterocycles. The molecular weight excluding hydrogens is 363 g/mol. The van der Waals surface area contributed by atoms with E-state index >= 15 is 0 Å². The highest BCUT2D eigenvalue weighted by Crippen LogP contribution is 2.61. The third-order valence-corrected chi connectivity index (χ3v) is 10.0. The first-order chi connectivity index (χ1) is 12.2. The van der Waals surface area contributed by atoms with Crippen molar-refractivity contribution in [2.45, 2.75) is 105 Å². The Hall–Kier alpha value is 0.340. The van der Waals surface area contributed by atoms with Crippen LogP contribution in [0, 0.1) is 0 Å². The third kappa shape index (κ3) is 22.4. The van der Waals surface area contributed by atoms with Gasteiger partial charge in [0.15, 0.2) is 0 Å². The predicted molar refractivity (Wildman–Crippen MR) is 120 cm³/mol.